The molecular formula is C8H14N2O7. The number of nitrogens with two attached hydrogens (primary N) is 1. The molecule has 0 spiro atoms. The summed E-state index contributed by atoms with van der Waals surface area (Å²) < 4.78 is 0. The van der Waals surface area contributed by atoms with E-state index in [0.29, 0.717) is 0 Å². The van der Waals surface area contributed by atoms with E-state index in [-0.39, 0.29) is 6.29 Å². The first-order valence-corrected chi connectivity index (χ1v) is 4.52. The zero-order valence-electron chi connectivity index (χ0n) is 8.94. The average molecular weight is 250 g/mol. The van der Waals surface area contributed by atoms with Gasteiger partial charge >= 0.3 is 0 Å². The van der Waals surface area contributed by atoms with Crippen LogP contribution in [-0.2, 0) is 19.2 Å². The molecule has 98 valence electrons. The van der Waals surface area contributed by atoms with Gasteiger partial charge in [-0.15, -0.1) is 0 Å². The maximum atomic E-state index is 10.5. The number of carbonyl (C=O) groups is 3. The van der Waals surface area contributed by atoms with Crippen LogP contribution in [0.25, 0.3) is 0 Å². The Morgan fingerprint density at radius 1 is 1.29 bits per heavy atom. The number of primary amides is 1. The summed E-state index contributed by atoms with van der Waals surface area (Å²) in [6.07, 6.45) is -7.58. The molecule has 0 aromatic heterocycles. The summed E-state index contributed by atoms with van der Waals surface area (Å²) in [4.78, 5) is 35.9. The Morgan fingerprint density at radius 3 is 2.18 bits per heavy atom. The first-order chi connectivity index (χ1) is 7.81. The quantitative estimate of drug-likeness (QED) is 0.229. The van der Waals surface area contributed by atoms with E-state index in [9.17, 15) is 24.6 Å². The van der Waals surface area contributed by atoms with Crippen LogP contribution in [0.2, 0.25) is 0 Å². The van der Waals surface area contributed by atoms with E-state index >= 15 is 0 Å². The molecule has 0 aliphatic rings. The minimum atomic E-state index is -2.06. The molecule has 0 fully saturated rings. The van der Waals surface area contributed by atoms with Gasteiger partial charge in [0.25, 0.3) is 0 Å². The summed E-state index contributed by atoms with van der Waals surface area (Å²) >= 11 is 0. The number of aliphatic hydroxyl groups excluding tert-OH is 3. The molecule has 0 aromatic rings. The fraction of sp³-hybridized carbons (Fsp3) is 0.625. The number of hydrogen-bond acceptors (Lipinski definition) is 7. The van der Waals surface area contributed by atoms with Crippen molar-refractivity contribution in [1.82, 2.24) is 5.48 Å². The van der Waals surface area contributed by atoms with Crippen molar-refractivity contribution in [3.05, 3.63) is 0 Å². The third kappa shape index (κ3) is 4.87. The fourth-order valence-corrected chi connectivity index (χ4v) is 0.878. The van der Waals surface area contributed by atoms with Crippen molar-refractivity contribution in [2.45, 2.75) is 31.3 Å². The molecule has 9 nitrogen and oxygen atoms in total. The molecule has 6 N–H and O–H groups in total. The lowest BCUT2D eigenvalue weighted by Gasteiger charge is -2.24. The number of hydroxylamine groups is 1. The highest BCUT2D eigenvalue weighted by Crippen LogP contribution is 2.06. The van der Waals surface area contributed by atoms with Gasteiger partial charge in [0, 0.05) is 6.92 Å². The predicted octanol–water partition coefficient (Wildman–Crippen LogP) is -3.81. The van der Waals surface area contributed by atoms with Crippen LogP contribution >= 0.6 is 0 Å². The maximum Gasteiger partial charge on any atom is 0.249 e. The van der Waals surface area contributed by atoms with Gasteiger partial charge in [0.05, 0.1) is 0 Å². The van der Waals surface area contributed by atoms with Crippen molar-refractivity contribution >= 4 is 18.1 Å². The van der Waals surface area contributed by atoms with Crippen LogP contribution in [0.5, 0.6) is 0 Å². The van der Waals surface area contributed by atoms with Crippen LogP contribution in [-0.4, -0.2) is 57.8 Å². The molecule has 0 unspecified atom stereocenters. The number of amides is 2. The molecular weight excluding hydrogens is 236 g/mol. The molecule has 0 radical (unpaired) electrons. The highest BCUT2D eigenvalue weighted by atomic mass is 16.7. The summed E-state index contributed by atoms with van der Waals surface area (Å²) in [5.41, 5.74) is 6.44. The minimum absolute atomic E-state index is 0.0809. The van der Waals surface area contributed by atoms with Gasteiger partial charge in [-0.25, -0.2) is 5.48 Å². The zero-order valence-corrected chi connectivity index (χ0v) is 8.94. The van der Waals surface area contributed by atoms with E-state index in [4.69, 9.17) is 5.11 Å². The SMILES string of the molecule is CC(=O)NO[C@@H](C=O)[C@@H](O)[C@@H](O)[C@H](O)C(N)=O. The molecule has 0 aromatic carbocycles. The molecule has 0 aliphatic carbocycles. The number of aldehydes is 1. The molecule has 17 heavy (non-hydrogen) atoms. The second kappa shape index (κ2) is 6.91. The summed E-state index contributed by atoms with van der Waals surface area (Å²) in [5.74, 6) is -1.92. The Balaban J connectivity index is 4.51. The predicted molar refractivity (Wildman–Crippen MR) is 52.0 cm³/mol. The first-order valence-electron chi connectivity index (χ1n) is 4.52. The lowest BCUT2D eigenvalue weighted by Crippen LogP contribution is -2.51. The van der Waals surface area contributed by atoms with Crippen LogP contribution in [0.15, 0.2) is 0 Å². The van der Waals surface area contributed by atoms with Crippen molar-refractivity contribution in [3.63, 3.8) is 0 Å². The van der Waals surface area contributed by atoms with Crippen molar-refractivity contribution in [2.75, 3.05) is 0 Å². The normalized spacial score (nSPS) is 17.6. The van der Waals surface area contributed by atoms with Crippen LogP contribution in [0.1, 0.15) is 6.92 Å². The number of carbonyl (C=O) groups excluding carboxylic acids is 3. The van der Waals surface area contributed by atoms with Gasteiger partial charge in [0.1, 0.15) is 12.2 Å². The van der Waals surface area contributed by atoms with Gasteiger partial charge in [0.2, 0.25) is 11.8 Å². The molecule has 0 rings (SSSR count). The molecule has 4 atom stereocenters. The Hall–Kier alpha value is -1.55. The van der Waals surface area contributed by atoms with Crippen molar-refractivity contribution in [3.8, 4) is 0 Å². The van der Waals surface area contributed by atoms with Crippen LogP contribution in [0.3, 0.4) is 0 Å². The van der Waals surface area contributed by atoms with E-state index in [1.54, 1.807) is 5.48 Å². The number of hydrogen-bond donors (Lipinski definition) is 5. The van der Waals surface area contributed by atoms with Crippen molar-refractivity contribution in [2.24, 2.45) is 5.73 Å². The van der Waals surface area contributed by atoms with E-state index in [1.165, 1.54) is 0 Å². The Bertz CT molecular complexity index is 296. The smallest absolute Gasteiger partial charge is 0.249 e. The number of rotatable bonds is 7. The molecule has 0 bridgehead atoms. The van der Waals surface area contributed by atoms with Gasteiger partial charge in [-0.05, 0) is 0 Å². The van der Waals surface area contributed by atoms with E-state index in [1.807, 2.05) is 0 Å². The van der Waals surface area contributed by atoms with Crippen LogP contribution in [0, 0.1) is 0 Å². The average Bonchev–Trinajstić information content (AvgIpc) is 2.26. The second-order valence-electron chi connectivity index (χ2n) is 3.21. The van der Waals surface area contributed by atoms with E-state index in [0.717, 1.165) is 6.92 Å². The third-order valence-corrected chi connectivity index (χ3v) is 1.77. The van der Waals surface area contributed by atoms with Gasteiger partial charge in [0.15, 0.2) is 18.5 Å². The van der Waals surface area contributed by atoms with Crippen LogP contribution in [0.4, 0.5) is 0 Å². The van der Waals surface area contributed by atoms with Gasteiger partial charge in [-0.2, -0.15) is 0 Å². The first kappa shape index (κ1) is 15.4. The van der Waals surface area contributed by atoms with Gasteiger partial charge in [-0.3, -0.25) is 14.4 Å². The largest absolute Gasteiger partial charge is 0.387 e. The summed E-state index contributed by atoms with van der Waals surface area (Å²) in [5, 5.41) is 27.7. The monoisotopic (exact) mass is 250 g/mol. The lowest BCUT2D eigenvalue weighted by atomic mass is 10.0. The minimum Gasteiger partial charge on any atom is -0.387 e. The van der Waals surface area contributed by atoms with E-state index in [2.05, 4.69) is 10.6 Å². The Labute approximate surface area is 96.1 Å². The van der Waals surface area contributed by atoms with Crippen molar-refractivity contribution < 1.29 is 34.5 Å². The topological polar surface area (TPSA) is 159 Å². The molecule has 0 saturated heterocycles. The Kier molecular flexibility index (Phi) is 6.28. The molecule has 2 amide bonds. The summed E-state index contributed by atoms with van der Waals surface area (Å²) in [6.45, 7) is 1.09. The number of nitrogens with one attached hydrogen (secondary N) is 1. The van der Waals surface area contributed by atoms with E-state index < -0.39 is 36.2 Å². The second-order valence-corrected chi connectivity index (χ2v) is 3.21. The Morgan fingerprint density at radius 2 is 1.82 bits per heavy atom. The standard InChI is InChI=1S/C8H14N2O7/c1-3(12)10-17-4(2-11)5(13)6(14)7(15)8(9)16/h2,4-7,13-15H,1H3,(H2,9,16)(H,10,12)/t4-,5+,6+,7-/m0/s1. The lowest BCUT2D eigenvalue weighted by molar-refractivity contribution is -0.167. The molecule has 0 saturated carbocycles. The highest BCUT2D eigenvalue weighted by molar-refractivity contribution is 5.79. The zero-order chi connectivity index (χ0) is 13.6. The molecule has 9 heteroatoms. The summed E-state index contributed by atoms with van der Waals surface area (Å²) in [7, 11) is 0. The molecule has 0 aliphatic heterocycles. The van der Waals surface area contributed by atoms with Gasteiger partial charge < -0.3 is 25.8 Å². The third-order valence-electron chi connectivity index (χ3n) is 1.77. The maximum absolute atomic E-state index is 10.5. The van der Waals surface area contributed by atoms with Gasteiger partial charge in [-0.1, -0.05) is 0 Å². The fourth-order valence-electron chi connectivity index (χ4n) is 0.878. The molecule has 0 heterocycles. The highest BCUT2D eigenvalue weighted by Gasteiger charge is 2.35. The van der Waals surface area contributed by atoms with Crippen LogP contribution < -0.4 is 11.2 Å². The number of aliphatic hydroxyl groups is 3. The van der Waals surface area contributed by atoms with Crippen molar-refractivity contribution in [1.29, 1.82) is 0 Å². The summed E-state index contributed by atoms with van der Waals surface area (Å²) in [6, 6.07) is 0.